The fourth-order valence-electron chi connectivity index (χ4n) is 2.07. The van der Waals surface area contributed by atoms with Crippen molar-refractivity contribution >= 4 is 5.69 Å². The summed E-state index contributed by atoms with van der Waals surface area (Å²) in [6.45, 7) is 8.03. The quantitative estimate of drug-likeness (QED) is 0.868. The molecule has 1 aromatic carbocycles. The first-order valence-electron chi connectivity index (χ1n) is 6.76. The summed E-state index contributed by atoms with van der Waals surface area (Å²) in [5, 5.41) is 3.51. The van der Waals surface area contributed by atoms with E-state index in [1.807, 2.05) is 12.1 Å². The number of hydrogen-bond acceptors (Lipinski definition) is 3. The van der Waals surface area contributed by atoms with Gasteiger partial charge in [-0.25, -0.2) is 0 Å². The van der Waals surface area contributed by atoms with Crippen LogP contribution in [0.25, 0.3) is 0 Å². The molecule has 3 nitrogen and oxygen atoms in total. The monoisotopic (exact) mass is 249 g/mol. The Morgan fingerprint density at radius 1 is 1.44 bits per heavy atom. The van der Waals surface area contributed by atoms with E-state index in [4.69, 9.17) is 9.47 Å². The highest BCUT2D eigenvalue weighted by atomic mass is 16.5. The second-order valence-electron chi connectivity index (χ2n) is 5.35. The van der Waals surface area contributed by atoms with Gasteiger partial charge in [0, 0.05) is 18.4 Å². The summed E-state index contributed by atoms with van der Waals surface area (Å²) in [5.41, 5.74) is 1.11. The summed E-state index contributed by atoms with van der Waals surface area (Å²) < 4.78 is 11.3. The second kappa shape index (κ2) is 6.10. The molecule has 1 aliphatic rings. The van der Waals surface area contributed by atoms with E-state index in [0.29, 0.717) is 12.0 Å². The van der Waals surface area contributed by atoms with Gasteiger partial charge in [0.2, 0.25) is 0 Å². The van der Waals surface area contributed by atoms with Gasteiger partial charge in [0.25, 0.3) is 0 Å². The number of anilines is 1. The lowest BCUT2D eigenvalue weighted by atomic mass is 10.1. The Kier molecular flexibility index (Phi) is 4.48. The lowest BCUT2D eigenvalue weighted by molar-refractivity contribution is 0.121. The minimum atomic E-state index is 0.283. The zero-order valence-corrected chi connectivity index (χ0v) is 11.5. The molecule has 18 heavy (non-hydrogen) atoms. The van der Waals surface area contributed by atoms with E-state index >= 15 is 0 Å². The van der Waals surface area contributed by atoms with Crippen LogP contribution < -0.4 is 10.1 Å². The minimum absolute atomic E-state index is 0.283. The Hall–Kier alpha value is -1.22. The zero-order chi connectivity index (χ0) is 13.0. The number of nitrogens with one attached hydrogen (secondary N) is 1. The van der Waals surface area contributed by atoms with Crippen LogP contribution in [0, 0.1) is 5.92 Å². The molecule has 0 spiro atoms. The van der Waals surface area contributed by atoms with Crippen LogP contribution in [0.1, 0.15) is 27.2 Å². The van der Waals surface area contributed by atoms with Crippen LogP contribution >= 0.6 is 0 Å². The van der Waals surface area contributed by atoms with Crippen molar-refractivity contribution in [3.63, 3.8) is 0 Å². The van der Waals surface area contributed by atoms with E-state index in [2.05, 4.69) is 38.2 Å². The van der Waals surface area contributed by atoms with Crippen molar-refractivity contribution in [1.29, 1.82) is 0 Å². The van der Waals surface area contributed by atoms with Gasteiger partial charge in [0.05, 0.1) is 18.8 Å². The van der Waals surface area contributed by atoms with Crippen molar-refractivity contribution in [3.8, 4) is 5.75 Å². The number of hydrogen-bond donors (Lipinski definition) is 1. The molecule has 0 aromatic heterocycles. The first-order valence-corrected chi connectivity index (χ1v) is 6.76. The Morgan fingerprint density at radius 3 is 2.94 bits per heavy atom. The maximum absolute atomic E-state index is 5.73. The third-order valence-corrected chi connectivity index (χ3v) is 3.15. The van der Waals surface area contributed by atoms with Crippen molar-refractivity contribution in [1.82, 2.24) is 0 Å². The largest absolute Gasteiger partial charge is 0.493 e. The molecule has 1 heterocycles. The summed E-state index contributed by atoms with van der Waals surface area (Å²) in [5.74, 6) is 1.48. The van der Waals surface area contributed by atoms with Crippen LogP contribution in [-0.4, -0.2) is 25.4 Å². The van der Waals surface area contributed by atoms with Crippen molar-refractivity contribution in [2.45, 2.75) is 39.3 Å². The van der Waals surface area contributed by atoms with Crippen LogP contribution in [0.5, 0.6) is 5.75 Å². The number of ether oxygens (including phenoxy) is 2. The van der Waals surface area contributed by atoms with Gasteiger partial charge in [-0.3, -0.25) is 0 Å². The van der Waals surface area contributed by atoms with E-state index in [1.54, 1.807) is 0 Å². The Labute approximate surface area is 109 Å². The van der Waals surface area contributed by atoms with Gasteiger partial charge < -0.3 is 14.8 Å². The maximum Gasteiger partial charge on any atom is 0.121 e. The van der Waals surface area contributed by atoms with Crippen molar-refractivity contribution in [3.05, 3.63) is 24.3 Å². The minimum Gasteiger partial charge on any atom is -0.493 e. The third kappa shape index (κ3) is 3.64. The Balaban J connectivity index is 1.94. The predicted molar refractivity (Wildman–Crippen MR) is 74.2 cm³/mol. The van der Waals surface area contributed by atoms with E-state index < -0.39 is 0 Å². The van der Waals surface area contributed by atoms with Gasteiger partial charge in [0.1, 0.15) is 5.75 Å². The molecule has 1 fully saturated rings. The summed E-state index contributed by atoms with van der Waals surface area (Å²) in [4.78, 5) is 0. The van der Waals surface area contributed by atoms with Crippen molar-refractivity contribution < 1.29 is 9.47 Å². The normalized spacial score (nSPS) is 23.3. The highest BCUT2D eigenvalue weighted by Gasteiger charge is 2.23. The molecule has 1 N–H and O–H groups in total. The summed E-state index contributed by atoms with van der Waals surface area (Å²) in [6, 6.07) is 8.58. The number of rotatable bonds is 5. The molecule has 0 amide bonds. The summed E-state index contributed by atoms with van der Waals surface area (Å²) in [7, 11) is 0. The molecule has 1 saturated heterocycles. The number of benzene rings is 1. The first kappa shape index (κ1) is 13.2. The maximum atomic E-state index is 5.73. The van der Waals surface area contributed by atoms with Gasteiger partial charge in [-0.05, 0) is 31.4 Å². The average molecular weight is 249 g/mol. The smallest absolute Gasteiger partial charge is 0.121 e. The van der Waals surface area contributed by atoms with E-state index in [-0.39, 0.29) is 6.10 Å². The lowest BCUT2D eigenvalue weighted by Crippen LogP contribution is -2.26. The fourth-order valence-corrected chi connectivity index (χ4v) is 2.07. The molecular weight excluding hydrogens is 226 g/mol. The van der Waals surface area contributed by atoms with Crippen molar-refractivity contribution in [2.75, 3.05) is 18.5 Å². The molecule has 0 aliphatic carbocycles. The molecule has 2 rings (SSSR count). The Morgan fingerprint density at radius 2 is 2.28 bits per heavy atom. The molecule has 0 saturated carbocycles. The topological polar surface area (TPSA) is 30.5 Å². The van der Waals surface area contributed by atoms with Crippen LogP contribution in [0.2, 0.25) is 0 Å². The van der Waals surface area contributed by atoms with E-state index in [0.717, 1.165) is 31.1 Å². The molecule has 100 valence electrons. The SMILES string of the molecule is CC(C)COc1cccc(NC2CCOC2C)c1. The third-order valence-electron chi connectivity index (χ3n) is 3.15. The van der Waals surface area contributed by atoms with Gasteiger partial charge >= 0.3 is 0 Å². The standard InChI is InChI=1S/C15H23NO2/c1-11(2)10-18-14-6-4-5-13(9-14)16-15-7-8-17-12(15)3/h4-6,9,11-12,15-16H,7-8,10H2,1-3H3. The zero-order valence-electron chi connectivity index (χ0n) is 11.5. The fraction of sp³-hybridized carbons (Fsp3) is 0.600. The van der Waals surface area contributed by atoms with Crippen LogP contribution in [0.3, 0.4) is 0 Å². The molecule has 1 aliphatic heterocycles. The van der Waals surface area contributed by atoms with Crippen molar-refractivity contribution in [2.24, 2.45) is 5.92 Å². The summed E-state index contributed by atoms with van der Waals surface area (Å²) in [6.07, 6.45) is 1.35. The second-order valence-corrected chi connectivity index (χ2v) is 5.35. The van der Waals surface area contributed by atoms with Gasteiger partial charge in [-0.2, -0.15) is 0 Å². The lowest BCUT2D eigenvalue weighted by Gasteiger charge is -2.18. The van der Waals surface area contributed by atoms with Crippen LogP contribution in [-0.2, 0) is 4.74 Å². The van der Waals surface area contributed by atoms with Gasteiger partial charge in [0.15, 0.2) is 0 Å². The van der Waals surface area contributed by atoms with E-state index in [9.17, 15) is 0 Å². The molecule has 3 heteroatoms. The highest BCUT2D eigenvalue weighted by molar-refractivity contribution is 5.49. The van der Waals surface area contributed by atoms with Gasteiger partial charge in [-0.15, -0.1) is 0 Å². The van der Waals surface area contributed by atoms with Gasteiger partial charge in [-0.1, -0.05) is 19.9 Å². The van der Waals surface area contributed by atoms with Crippen LogP contribution in [0.15, 0.2) is 24.3 Å². The molecule has 0 bridgehead atoms. The molecule has 0 radical (unpaired) electrons. The first-order chi connectivity index (χ1) is 8.65. The average Bonchev–Trinajstić information content (AvgIpc) is 2.73. The molecule has 2 atom stereocenters. The molecule has 1 aromatic rings. The van der Waals surface area contributed by atoms with Crippen LogP contribution in [0.4, 0.5) is 5.69 Å². The summed E-state index contributed by atoms with van der Waals surface area (Å²) >= 11 is 0. The van der Waals surface area contributed by atoms with E-state index in [1.165, 1.54) is 0 Å². The molecule has 2 unspecified atom stereocenters. The highest BCUT2D eigenvalue weighted by Crippen LogP contribution is 2.22. The predicted octanol–water partition coefficient (Wildman–Crippen LogP) is 3.31. The Bertz CT molecular complexity index is 379. The molecular formula is C15H23NO2.